The van der Waals surface area contributed by atoms with Crippen LogP contribution in [0.2, 0.25) is 0 Å². The minimum absolute atomic E-state index is 0.148. The topological polar surface area (TPSA) is 23.5 Å². The molecule has 1 heterocycles. The summed E-state index contributed by atoms with van der Waals surface area (Å²) in [6, 6.07) is 8.30. The van der Waals surface area contributed by atoms with Gasteiger partial charge in [-0.1, -0.05) is 31.2 Å². The summed E-state index contributed by atoms with van der Waals surface area (Å²) in [5.74, 6) is 0.906. The molecular weight excluding hydrogens is 210 g/mol. The average molecular weight is 233 g/mol. The molecule has 2 rings (SSSR count). The van der Waals surface area contributed by atoms with Crippen molar-refractivity contribution in [2.45, 2.75) is 32.8 Å². The minimum atomic E-state index is 0.148. The molecule has 1 aliphatic heterocycles. The molecule has 1 N–H and O–H groups in total. The number of aliphatic hydroxyl groups is 1. The van der Waals surface area contributed by atoms with Crippen LogP contribution in [0, 0.1) is 5.92 Å². The van der Waals surface area contributed by atoms with Crippen molar-refractivity contribution in [1.82, 2.24) is 4.90 Å². The van der Waals surface area contributed by atoms with Crippen molar-refractivity contribution in [3.63, 3.8) is 0 Å². The third-order valence-corrected chi connectivity index (χ3v) is 3.77. The minimum Gasteiger partial charge on any atom is -0.392 e. The highest BCUT2D eigenvalue weighted by molar-refractivity contribution is 5.23. The van der Waals surface area contributed by atoms with E-state index < -0.39 is 0 Å². The quantitative estimate of drug-likeness (QED) is 0.863. The van der Waals surface area contributed by atoms with E-state index >= 15 is 0 Å². The fraction of sp³-hybridized carbons (Fsp3) is 0.600. The maximum absolute atomic E-state index is 9.10. The Morgan fingerprint density at radius 3 is 2.65 bits per heavy atom. The molecule has 0 bridgehead atoms. The Bertz CT molecular complexity index is 343. The number of piperidine rings is 1. The van der Waals surface area contributed by atoms with Gasteiger partial charge in [-0.3, -0.25) is 0 Å². The molecule has 1 fully saturated rings. The van der Waals surface area contributed by atoms with Gasteiger partial charge in [0.1, 0.15) is 0 Å². The Morgan fingerprint density at radius 2 is 1.94 bits per heavy atom. The van der Waals surface area contributed by atoms with Gasteiger partial charge in [0.05, 0.1) is 6.61 Å². The van der Waals surface area contributed by atoms with Gasteiger partial charge in [0.15, 0.2) is 0 Å². The van der Waals surface area contributed by atoms with Crippen molar-refractivity contribution in [2.24, 2.45) is 5.92 Å². The molecule has 0 aromatic heterocycles. The van der Waals surface area contributed by atoms with Gasteiger partial charge in [0.25, 0.3) is 0 Å². The van der Waals surface area contributed by atoms with Crippen molar-refractivity contribution in [3.05, 3.63) is 35.4 Å². The molecule has 0 spiro atoms. The zero-order valence-electron chi connectivity index (χ0n) is 10.7. The molecule has 0 radical (unpaired) electrons. The first-order valence-electron chi connectivity index (χ1n) is 6.69. The first kappa shape index (κ1) is 12.6. The predicted molar refractivity (Wildman–Crippen MR) is 70.9 cm³/mol. The molecule has 0 aliphatic carbocycles. The third kappa shape index (κ3) is 3.83. The highest BCUT2D eigenvalue weighted by Gasteiger charge is 2.14. The molecule has 2 nitrogen and oxygen atoms in total. The van der Waals surface area contributed by atoms with Gasteiger partial charge in [-0.2, -0.15) is 0 Å². The highest BCUT2D eigenvalue weighted by Crippen LogP contribution is 2.16. The number of nitrogens with zero attached hydrogens (tertiary/aromatic N) is 1. The highest BCUT2D eigenvalue weighted by atomic mass is 16.3. The number of hydrogen-bond donors (Lipinski definition) is 1. The molecule has 2 heteroatoms. The summed E-state index contributed by atoms with van der Waals surface area (Å²) in [5.41, 5.74) is 2.37. The van der Waals surface area contributed by atoms with Gasteiger partial charge in [-0.15, -0.1) is 0 Å². The van der Waals surface area contributed by atoms with Crippen LogP contribution in [-0.2, 0) is 13.0 Å². The second kappa shape index (κ2) is 6.18. The van der Waals surface area contributed by atoms with Crippen LogP contribution in [0.4, 0.5) is 0 Å². The normalized spacial score (nSPS) is 18.5. The van der Waals surface area contributed by atoms with Crippen molar-refractivity contribution in [3.8, 4) is 0 Å². The van der Waals surface area contributed by atoms with Crippen molar-refractivity contribution in [2.75, 3.05) is 19.6 Å². The van der Waals surface area contributed by atoms with E-state index in [4.69, 9.17) is 5.11 Å². The molecule has 0 unspecified atom stereocenters. The van der Waals surface area contributed by atoms with Gasteiger partial charge in [-0.25, -0.2) is 0 Å². The summed E-state index contributed by atoms with van der Waals surface area (Å²) in [7, 11) is 0. The molecule has 1 aromatic rings. The molecule has 94 valence electrons. The molecule has 1 aliphatic rings. The number of rotatable bonds is 4. The summed E-state index contributed by atoms with van der Waals surface area (Å²) in [4.78, 5) is 2.56. The van der Waals surface area contributed by atoms with Crippen LogP contribution in [0.15, 0.2) is 24.3 Å². The molecule has 0 saturated carbocycles. The second-order valence-electron chi connectivity index (χ2n) is 5.25. The van der Waals surface area contributed by atoms with E-state index in [0.717, 1.165) is 24.4 Å². The monoisotopic (exact) mass is 233 g/mol. The van der Waals surface area contributed by atoms with Crippen LogP contribution in [0.3, 0.4) is 0 Å². The summed E-state index contributed by atoms with van der Waals surface area (Å²) < 4.78 is 0. The van der Waals surface area contributed by atoms with Gasteiger partial charge < -0.3 is 10.0 Å². The molecule has 1 saturated heterocycles. The smallest absolute Gasteiger partial charge is 0.0681 e. The summed E-state index contributed by atoms with van der Waals surface area (Å²) >= 11 is 0. The summed E-state index contributed by atoms with van der Waals surface area (Å²) in [6.45, 7) is 6.15. The second-order valence-corrected chi connectivity index (χ2v) is 5.25. The molecule has 0 amide bonds. The van der Waals surface area contributed by atoms with E-state index in [1.807, 2.05) is 12.1 Å². The van der Waals surface area contributed by atoms with Crippen LogP contribution in [0.1, 0.15) is 30.9 Å². The third-order valence-electron chi connectivity index (χ3n) is 3.77. The lowest BCUT2D eigenvalue weighted by atomic mass is 9.99. The zero-order valence-corrected chi connectivity index (χ0v) is 10.7. The lowest BCUT2D eigenvalue weighted by molar-refractivity contribution is 0.194. The maximum Gasteiger partial charge on any atom is 0.0681 e. The molecular formula is C15H23NO. The molecule has 0 atom stereocenters. The van der Waals surface area contributed by atoms with E-state index in [-0.39, 0.29) is 6.61 Å². The van der Waals surface area contributed by atoms with E-state index in [9.17, 15) is 0 Å². The van der Waals surface area contributed by atoms with E-state index in [0.29, 0.717) is 0 Å². The SMILES string of the molecule is CC1CCN(CCc2cccc(CO)c2)CC1. The zero-order chi connectivity index (χ0) is 12.1. The Labute approximate surface area is 104 Å². The fourth-order valence-electron chi connectivity index (χ4n) is 2.46. The lowest BCUT2D eigenvalue weighted by Crippen LogP contribution is -2.34. The molecule has 1 aromatic carbocycles. The average Bonchev–Trinajstić information content (AvgIpc) is 2.38. The first-order valence-corrected chi connectivity index (χ1v) is 6.69. The Kier molecular flexibility index (Phi) is 4.57. The number of likely N-dealkylation sites (tertiary alicyclic amines) is 1. The number of aliphatic hydroxyl groups excluding tert-OH is 1. The van der Waals surface area contributed by atoms with Crippen LogP contribution in [-0.4, -0.2) is 29.6 Å². The summed E-state index contributed by atoms with van der Waals surface area (Å²) in [6.07, 6.45) is 3.79. The van der Waals surface area contributed by atoms with Gasteiger partial charge in [-0.05, 0) is 49.4 Å². The van der Waals surface area contributed by atoms with Crippen molar-refractivity contribution < 1.29 is 5.11 Å². The first-order chi connectivity index (χ1) is 8.28. The fourth-order valence-corrected chi connectivity index (χ4v) is 2.46. The van der Waals surface area contributed by atoms with E-state index in [2.05, 4.69) is 24.0 Å². The van der Waals surface area contributed by atoms with Crippen LogP contribution < -0.4 is 0 Å². The van der Waals surface area contributed by atoms with Crippen molar-refractivity contribution in [1.29, 1.82) is 0 Å². The Hall–Kier alpha value is -0.860. The largest absolute Gasteiger partial charge is 0.392 e. The summed E-state index contributed by atoms with van der Waals surface area (Å²) in [5, 5.41) is 9.10. The van der Waals surface area contributed by atoms with Gasteiger partial charge >= 0.3 is 0 Å². The van der Waals surface area contributed by atoms with Crippen LogP contribution in [0.5, 0.6) is 0 Å². The Balaban J connectivity index is 1.81. The Morgan fingerprint density at radius 1 is 1.24 bits per heavy atom. The maximum atomic E-state index is 9.10. The van der Waals surface area contributed by atoms with E-state index in [1.165, 1.54) is 31.5 Å². The van der Waals surface area contributed by atoms with Gasteiger partial charge in [0, 0.05) is 6.54 Å². The van der Waals surface area contributed by atoms with Gasteiger partial charge in [0.2, 0.25) is 0 Å². The number of benzene rings is 1. The lowest BCUT2D eigenvalue weighted by Gasteiger charge is -2.30. The predicted octanol–water partition coefficient (Wildman–Crippen LogP) is 2.45. The standard InChI is InChI=1S/C15H23NO/c1-13-5-8-16(9-6-13)10-7-14-3-2-4-15(11-14)12-17/h2-4,11,13,17H,5-10,12H2,1H3. The van der Waals surface area contributed by atoms with Crippen LogP contribution in [0.25, 0.3) is 0 Å². The molecule has 17 heavy (non-hydrogen) atoms. The van der Waals surface area contributed by atoms with E-state index in [1.54, 1.807) is 0 Å². The van der Waals surface area contributed by atoms with Crippen molar-refractivity contribution >= 4 is 0 Å². The van der Waals surface area contributed by atoms with Crippen LogP contribution >= 0.6 is 0 Å². The number of hydrogen-bond acceptors (Lipinski definition) is 2.